The van der Waals surface area contributed by atoms with Crippen molar-refractivity contribution in [2.75, 3.05) is 18.5 Å². The Hall–Kier alpha value is -2.33. The quantitative estimate of drug-likeness (QED) is 0.800. The second-order valence-corrected chi connectivity index (χ2v) is 5.68. The number of anilines is 1. The van der Waals surface area contributed by atoms with E-state index in [2.05, 4.69) is 0 Å². The second-order valence-electron chi connectivity index (χ2n) is 5.25. The fourth-order valence-electron chi connectivity index (χ4n) is 2.82. The molecule has 2 aromatic carbocycles. The second kappa shape index (κ2) is 5.81. The summed E-state index contributed by atoms with van der Waals surface area (Å²) in [5.74, 6) is -0.130. The average molecular weight is 315 g/mol. The zero-order chi connectivity index (χ0) is 15.7. The van der Waals surface area contributed by atoms with Gasteiger partial charge in [0.05, 0.1) is 6.04 Å². The van der Waals surface area contributed by atoms with E-state index in [0.29, 0.717) is 5.02 Å². The van der Waals surface area contributed by atoms with Crippen LogP contribution in [0.2, 0.25) is 5.02 Å². The minimum atomic E-state index is -0.332. The number of nitrogens with zero attached hydrogens (tertiary/aromatic N) is 2. The maximum absolute atomic E-state index is 12.3. The monoisotopic (exact) mass is 314 g/mol. The molecular formula is C17H15ClN2O2. The predicted octanol–water partition coefficient (Wildman–Crippen LogP) is 2.86. The Morgan fingerprint density at radius 1 is 1.18 bits per heavy atom. The normalized spacial score (nSPS) is 17.9. The van der Waals surface area contributed by atoms with E-state index < -0.39 is 0 Å². The number of hydrogen-bond donors (Lipinski definition) is 0. The van der Waals surface area contributed by atoms with Crippen LogP contribution in [0.1, 0.15) is 17.2 Å². The van der Waals surface area contributed by atoms with E-state index in [1.807, 2.05) is 42.5 Å². The van der Waals surface area contributed by atoms with Gasteiger partial charge in [0.25, 0.3) is 0 Å². The summed E-state index contributed by atoms with van der Waals surface area (Å²) in [7, 11) is 1.71. The molecule has 112 valence electrons. The minimum absolute atomic E-state index is 0.0336. The first-order valence-electron chi connectivity index (χ1n) is 6.94. The average Bonchev–Trinajstić information content (AvgIpc) is 2.64. The van der Waals surface area contributed by atoms with Crippen LogP contribution in [0.5, 0.6) is 0 Å². The smallest absolute Gasteiger partial charge is 0.246 e. The predicted molar refractivity (Wildman–Crippen MR) is 85.9 cm³/mol. The Balaban J connectivity index is 2.24. The number of amides is 2. The van der Waals surface area contributed by atoms with Crippen LogP contribution in [0.15, 0.2) is 48.5 Å². The molecule has 0 fully saturated rings. The van der Waals surface area contributed by atoms with E-state index in [4.69, 9.17) is 11.6 Å². The van der Waals surface area contributed by atoms with Gasteiger partial charge >= 0.3 is 0 Å². The summed E-state index contributed by atoms with van der Waals surface area (Å²) in [6.45, 7) is 0.0336. The van der Waals surface area contributed by atoms with Crippen molar-refractivity contribution in [3.8, 4) is 0 Å². The lowest BCUT2D eigenvalue weighted by Gasteiger charge is -2.27. The molecule has 0 saturated heterocycles. The summed E-state index contributed by atoms with van der Waals surface area (Å²) in [5.41, 5.74) is 2.56. The van der Waals surface area contributed by atoms with Gasteiger partial charge in [0.15, 0.2) is 0 Å². The summed E-state index contributed by atoms with van der Waals surface area (Å²) in [4.78, 5) is 27.0. The maximum atomic E-state index is 12.3. The summed E-state index contributed by atoms with van der Waals surface area (Å²) < 4.78 is 0. The molecule has 1 heterocycles. The van der Waals surface area contributed by atoms with Gasteiger partial charge in [-0.05, 0) is 23.8 Å². The fraction of sp³-hybridized carbons (Fsp3) is 0.176. The molecule has 0 bridgehead atoms. The largest absolute Gasteiger partial charge is 0.325 e. The van der Waals surface area contributed by atoms with Gasteiger partial charge in [-0.1, -0.05) is 41.9 Å². The first kappa shape index (κ1) is 14.6. The number of carbonyl (C=O) groups is 2. The number of rotatable bonds is 2. The lowest BCUT2D eigenvalue weighted by Crippen LogP contribution is -2.36. The van der Waals surface area contributed by atoms with E-state index >= 15 is 0 Å². The number of benzene rings is 2. The van der Waals surface area contributed by atoms with E-state index in [1.165, 1.54) is 4.90 Å². The zero-order valence-electron chi connectivity index (χ0n) is 12.1. The highest BCUT2D eigenvalue weighted by Gasteiger charge is 2.32. The van der Waals surface area contributed by atoms with Crippen LogP contribution in [0.3, 0.4) is 0 Å². The highest BCUT2D eigenvalue weighted by Crippen LogP contribution is 2.38. The van der Waals surface area contributed by atoms with Crippen LogP contribution in [0, 0.1) is 0 Å². The van der Waals surface area contributed by atoms with Gasteiger partial charge < -0.3 is 9.80 Å². The molecule has 3 rings (SSSR count). The van der Waals surface area contributed by atoms with Crippen LogP contribution < -0.4 is 4.90 Å². The summed E-state index contributed by atoms with van der Waals surface area (Å²) in [5, 5.41) is 0.577. The van der Waals surface area contributed by atoms with Gasteiger partial charge in [0.2, 0.25) is 12.3 Å². The topological polar surface area (TPSA) is 40.6 Å². The summed E-state index contributed by atoms with van der Waals surface area (Å²) >= 11 is 6.15. The number of fused-ring (bicyclic) bond motifs is 1. The molecular weight excluding hydrogens is 300 g/mol. The standard InChI is InChI=1S/C17H15ClN2O2/c1-19-15-8-7-13(18)9-14(15)17(12-5-3-2-4-6-12)20(11-21)10-16(19)22/h2-9,11,17H,10H2,1H3. The third kappa shape index (κ3) is 2.46. The first-order chi connectivity index (χ1) is 10.6. The number of likely N-dealkylation sites (N-methyl/N-ethyl adjacent to an activating group) is 1. The molecule has 5 heteroatoms. The molecule has 0 saturated carbocycles. The molecule has 0 aliphatic carbocycles. The van der Waals surface area contributed by atoms with Gasteiger partial charge in [0, 0.05) is 23.3 Å². The fourth-order valence-corrected chi connectivity index (χ4v) is 3.00. The van der Waals surface area contributed by atoms with Crippen molar-refractivity contribution < 1.29 is 9.59 Å². The molecule has 2 aromatic rings. The highest BCUT2D eigenvalue weighted by molar-refractivity contribution is 6.30. The van der Waals surface area contributed by atoms with Crippen LogP contribution in [-0.4, -0.2) is 30.8 Å². The van der Waals surface area contributed by atoms with E-state index in [0.717, 1.165) is 23.2 Å². The molecule has 1 unspecified atom stereocenters. The number of hydrogen-bond acceptors (Lipinski definition) is 2. The Labute approximate surface area is 133 Å². The van der Waals surface area contributed by atoms with Gasteiger partial charge in [-0.15, -0.1) is 0 Å². The summed E-state index contributed by atoms with van der Waals surface area (Å²) in [6.07, 6.45) is 0.722. The molecule has 0 spiro atoms. The Bertz CT molecular complexity index is 718. The lowest BCUT2D eigenvalue weighted by atomic mass is 9.96. The first-order valence-corrected chi connectivity index (χ1v) is 7.31. The van der Waals surface area contributed by atoms with Crippen LogP contribution in [0.4, 0.5) is 5.69 Å². The summed E-state index contributed by atoms with van der Waals surface area (Å²) in [6, 6.07) is 14.7. The van der Waals surface area contributed by atoms with Crippen molar-refractivity contribution >= 4 is 29.6 Å². The molecule has 0 radical (unpaired) electrons. The lowest BCUT2D eigenvalue weighted by molar-refractivity contribution is -0.127. The highest BCUT2D eigenvalue weighted by atomic mass is 35.5. The van der Waals surface area contributed by atoms with Crippen LogP contribution >= 0.6 is 11.6 Å². The third-order valence-corrected chi connectivity index (χ3v) is 4.15. The van der Waals surface area contributed by atoms with Crippen molar-refractivity contribution in [1.29, 1.82) is 0 Å². The maximum Gasteiger partial charge on any atom is 0.246 e. The van der Waals surface area contributed by atoms with Gasteiger partial charge in [-0.25, -0.2) is 0 Å². The molecule has 2 amide bonds. The van der Waals surface area contributed by atoms with Crippen molar-refractivity contribution in [2.24, 2.45) is 0 Å². The molecule has 4 nitrogen and oxygen atoms in total. The Morgan fingerprint density at radius 3 is 2.59 bits per heavy atom. The van der Waals surface area contributed by atoms with E-state index in [9.17, 15) is 9.59 Å². The van der Waals surface area contributed by atoms with E-state index in [1.54, 1.807) is 18.0 Å². The van der Waals surface area contributed by atoms with Crippen molar-refractivity contribution in [3.05, 3.63) is 64.7 Å². The molecule has 1 aliphatic heterocycles. The minimum Gasteiger partial charge on any atom is -0.325 e. The van der Waals surface area contributed by atoms with Crippen molar-refractivity contribution in [3.63, 3.8) is 0 Å². The van der Waals surface area contributed by atoms with E-state index in [-0.39, 0.29) is 18.5 Å². The van der Waals surface area contributed by atoms with Crippen LogP contribution in [-0.2, 0) is 9.59 Å². The molecule has 1 atom stereocenters. The SMILES string of the molecule is CN1C(=O)CN(C=O)C(c2ccccc2)c2cc(Cl)ccc21. The van der Waals surface area contributed by atoms with Crippen molar-refractivity contribution in [1.82, 2.24) is 4.90 Å². The molecule has 0 N–H and O–H groups in total. The van der Waals surface area contributed by atoms with Gasteiger partial charge in [-0.3, -0.25) is 9.59 Å². The molecule has 1 aliphatic rings. The van der Waals surface area contributed by atoms with Gasteiger partial charge in [-0.2, -0.15) is 0 Å². The Kier molecular flexibility index (Phi) is 3.86. The molecule has 0 aromatic heterocycles. The van der Waals surface area contributed by atoms with Gasteiger partial charge in [0.1, 0.15) is 6.54 Å². The zero-order valence-corrected chi connectivity index (χ0v) is 12.8. The van der Waals surface area contributed by atoms with Crippen LogP contribution in [0.25, 0.3) is 0 Å². The number of carbonyl (C=O) groups excluding carboxylic acids is 2. The van der Waals surface area contributed by atoms with Crippen molar-refractivity contribution in [2.45, 2.75) is 6.04 Å². The number of halogens is 1. The molecule has 22 heavy (non-hydrogen) atoms. The Morgan fingerprint density at radius 2 is 1.91 bits per heavy atom. The third-order valence-electron chi connectivity index (χ3n) is 3.92.